The SMILES string of the molecule is Cc1cccc2c1N1[C@@H](C)c3c(n(C)c4sccc34)C1(C)C(C)(C)C2(C)C. The van der Waals surface area contributed by atoms with Crippen LogP contribution in [0.4, 0.5) is 5.69 Å². The van der Waals surface area contributed by atoms with Gasteiger partial charge in [-0.05, 0) is 48.8 Å². The van der Waals surface area contributed by atoms with Gasteiger partial charge in [0, 0.05) is 29.1 Å². The van der Waals surface area contributed by atoms with Crippen LogP contribution in [0.2, 0.25) is 0 Å². The van der Waals surface area contributed by atoms with E-state index < -0.39 is 0 Å². The van der Waals surface area contributed by atoms with Crippen molar-refractivity contribution in [2.24, 2.45) is 12.5 Å². The van der Waals surface area contributed by atoms with Gasteiger partial charge in [-0.2, -0.15) is 0 Å². The van der Waals surface area contributed by atoms with Gasteiger partial charge in [-0.1, -0.05) is 45.9 Å². The Bertz CT molecular complexity index is 1100. The zero-order valence-electron chi connectivity index (χ0n) is 17.8. The van der Waals surface area contributed by atoms with Crippen molar-refractivity contribution in [3.63, 3.8) is 0 Å². The lowest BCUT2D eigenvalue weighted by Crippen LogP contribution is -2.62. The molecule has 1 aromatic carbocycles. The van der Waals surface area contributed by atoms with Gasteiger partial charge in [-0.15, -0.1) is 11.3 Å². The predicted octanol–water partition coefficient (Wildman–Crippen LogP) is 6.66. The minimum atomic E-state index is -0.0577. The zero-order valence-corrected chi connectivity index (χ0v) is 18.6. The highest BCUT2D eigenvalue weighted by molar-refractivity contribution is 7.16. The molecule has 2 aliphatic heterocycles. The van der Waals surface area contributed by atoms with Crippen molar-refractivity contribution < 1.29 is 0 Å². The molecule has 0 N–H and O–H groups in total. The second-order valence-electron chi connectivity index (χ2n) is 9.80. The van der Waals surface area contributed by atoms with Crippen LogP contribution in [0.3, 0.4) is 0 Å². The van der Waals surface area contributed by atoms with Gasteiger partial charge in [-0.3, -0.25) is 0 Å². The minimum absolute atomic E-state index is 0.0577. The standard InChI is InChI=1S/C24H30N2S/c1-14-10-9-11-17-19(14)26-15(2)18-16-12-13-27-21(16)25(8)20(18)24(26,7)23(5,6)22(17,3)4/h9-13,15H,1-8H3/t15-,24?/m0/s1. The maximum atomic E-state index is 2.75. The number of benzene rings is 1. The van der Waals surface area contributed by atoms with Crippen LogP contribution in [0, 0.1) is 12.3 Å². The Labute approximate surface area is 166 Å². The summed E-state index contributed by atoms with van der Waals surface area (Å²) in [7, 11) is 2.27. The van der Waals surface area contributed by atoms with Crippen LogP contribution in [0.1, 0.15) is 70.0 Å². The van der Waals surface area contributed by atoms with Crippen LogP contribution in [0.25, 0.3) is 10.2 Å². The lowest BCUT2D eigenvalue weighted by atomic mass is 9.52. The molecule has 0 amide bonds. The fraction of sp³-hybridized carbons (Fsp3) is 0.500. The molecule has 0 radical (unpaired) electrons. The van der Waals surface area contributed by atoms with E-state index in [2.05, 4.69) is 94.6 Å². The third-order valence-corrected chi connectivity index (χ3v) is 9.50. The van der Waals surface area contributed by atoms with Gasteiger partial charge in [0.25, 0.3) is 0 Å². The topological polar surface area (TPSA) is 8.17 Å². The average Bonchev–Trinajstić information content (AvgIpc) is 3.22. The third-order valence-electron chi connectivity index (χ3n) is 8.51. The van der Waals surface area contributed by atoms with Crippen LogP contribution in [0.5, 0.6) is 0 Å². The van der Waals surface area contributed by atoms with Crippen molar-refractivity contribution in [3.8, 4) is 0 Å². The second kappa shape index (κ2) is 4.81. The number of para-hydroxylation sites is 1. The maximum Gasteiger partial charge on any atom is 0.103 e. The quantitative estimate of drug-likeness (QED) is 0.424. The van der Waals surface area contributed by atoms with Gasteiger partial charge in [0.1, 0.15) is 4.83 Å². The van der Waals surface area contributed by atoms with E-state index in [1.807, 2.05) is 11.3 Å². The van der Waals surface area contributed by atoms with E-state index in [0.717, 1.165) is 0 Å². The molecular weight excluding hydrogens is 348 g/mol. The Balaban J connectivity index is 1.97. The molecule has 1 unspecified atom stereocenters. The molecule has 0 saturated heterocycles. The molecular formula is C24H30N2S. The van der Waals surface area contributed by atoms with Crippen molar-refractivity contribution in [2.45, 2.75) is 65.5 Å². The Kier molecular flexibility index (Phi) is 3.09. The Morgan fingerprint density at radius 2 is 1.74 bits per heavy atom. The molecule has 0 spiro atoms. The number of aromatic nitrogens is 1. The first-order chi connectivity index (χ1) is 12.6. The molecule has 4 heterocycles. The Morgan fingerprint density at radius 1 is 1.04 bits per heavy atom. The molecule has 5 rings (SSSR count). The fourth-order valence-electron chi connectivity index (χ4n) is 6.26. The molecule has 2 aromatic heterocycles. The largest absolute Gasteiger partial charge is 0.353 e. The summed E-state index contributed by atoms with van der Waals surface area (Å²) >= 11 is 1.87. The van der Waals surface area contributed by atoms with Crippen molar-refractivity contribution in [3.05, 3.63) is 52.0 Å². The molecule has 142 valence electrons. The van der Waals surface area contributed by atoms with E-state index in [0.29, 0.717) is 6.04 Å². The van der Waals surface area contributed by atoms with Crippen molar-refractivity contribution in [1.82, 2.24) is 4.57 Å². The smallest absolute Gasteiger partial charge is 0.103 e. The second-order valence-corrected chi connectivity index (χ2v) is 10.7. The van der Waals surface area contributed by atoms with E-state index >= 15 is 0 Å². The van der Waals surface area contributed by atoms with E-state index in [9.17, 15) is 0 Å². The number of rotatable bonds is 0. The monoisotopic (exact) mass is 378 g/mol. The van der Waals surface area contributed by atoms with Gasteiger partial charge in [0.2, 0.25) is 0 Å². The summed E-state index contributed by atoms with van der Waals surface area (Å²) < 4.78 is 2.49. The zero-order chi connectivity index (χ0) is 19.5. The molecule has 2 aliphatic rings. The molecule has 0 bridgehead atoms. The summed E-state index contributed by atoms with van der Waals surface area (Å²) in [5.41, 5.74) is 7.47. The van der Waals surface area contributed by atoms with Crippen LogP contribution in [-0.4, -0.2) is 4.57 Å². The summed E-state index contributed by atoms with van der Waals surface area (Å²) in [5.74, 6) is 0. The number of thiophene rings is 1. The van der Waals surface area contributed by atoms with Crippen LogP contribution < -0.4 is 4.90 Å². The molecule has 2 nitrogen and oxygen atoms in total. The van der Waals surface area contributed by atoms with Crippen molar-refractivity contribution in [2.75, 3.05) is 4.90 Å². The summed E-state index contributed by atoms with van der Waals surface area (Å²) in [6, 6.07) is 9.58. The van der Waals surface area contributed by atoms with Crippen molar-refractivity contribution >= 4 is 27.2 Å². The van der Waals surface area contributed by atoms with Gasteiger partial charge >= 0.3 is 0 Å². The third kappa shape index (κ3) is 1.62. The number of fused-ring (bicyclic) bond motifs is 7. The highest BCUT2D eigenvalue weighted by atomic mass is 32.1. The van der Waals surface area contributed by atoms with Gasteiger partial charge in [-0.25, -0.2) is 0 Å². The highest BCUT2D eigenvalue weighted by Crippen LogP contribution is 2.68. The van der Waals surface area contributed by atoms with Crippen LogP contribution in [-0.2, 0) is 18.0 Å². The van der Waals surface area contributed by atoms with E-state index in [-0.39, 0.29) is 16.4 Å². The number of nitrogens with zero attached hydrogens (tertiary/aromatic N) is 2. The number of anilines is 1. The molecule has 0 saturated carbocycles. The highest BCUT2D eigenvalue weighted by Gasteiger charge is 2.65. The van der Waals surface area contributed by atoms with Crippen LogP contribution in [0.15, 0.2) is 29.6 Å². The fourth-order valence-corrected chi connectivity index (χ4v) is 7.15. The molecule has 0 fully saturated rings. The van der Waals surface area contributed by atoms with Gasteiger partial charge in [0.15, 0.2) is 0 Å². The van der Waals surface area contributed by atoms with E-state index in [4.69, 9.17) is 0 Å². The molecule has 3 heteroatoms. The summed E-state index contributed by atoms with van der Waals surface area (Å²) in [5, 5.41) is 3.69. The minimum Gasteiger partial charge on any atom is -0.353 e. The lowest BCUT2D eigenvalue weighted by molar-refractivity contribution is 0.0609. The van der Waals surface area contributed by atoms with E-state index in [1.165, 1.54) is 38.3 Å². The average molecular weight is 379 g/mol. The normalized spacial score (nSPS) is 27.6. The maximum absolute atomic E-state index is 2.75. The van der Waals surface area contributed by atoms with Gasteiger partial charge in [0.05, 0.1) is 17.3 Å². The summed E-state index contributed by atoms with van der Waals surface area (Å²) in [6.07, 6.45) is 0. The Morgan fingerprint density at radius 3 is 2.44 bits per heavy atom. The molecule has 0 aliphatic carbocycles. The van der Waals surface area contributed by atoms with Gasteiger partial charge < -0.3 is 9.47 Å². The summed E-state index contributed by atoms with van der Waals surface area (Å²) in [6.45, 7) is 17.0. The molecule has 27 heavy (non-hydrogen) atoms. The molecule has 3 aromatic rings. The summed E-state index contributed by atoms with van der Waals surface area (Å²) in [4.78, 5) is 4.17. The molecule has 2 atom stereocenters. The first kappa shape index (κ1) is 17.4. The Hall–Kier alpha value is -1.74. The predicted molar refractivity (Wildman–Crippen MR) is 117 cm³/mol. The van der Waals surface area contributed by atoms with E-state index in [1.54, 1.807) is 0 Å². The first-order valence-corrected chi connectivity index (χ1v) is 10.9. The van der Waals surface area contributed by atoms with Crippen LogP contribution >= 0.6 is 11.3 Å². The number of hydrogen-bond donors (Lipinski definition) is 0. The first-order valence-electron chi connectivity index (χ1n) is 10.0. The number of aryl methyl sites for hydroxylation is 2. The lowest BCUT2D eigenvalue weighted by Gasteiger charge is -2.62. The van der Waals surface area contributed by atoms with Crippen molar-refractivity contribution in [1.29, 1.82) is 0 Å². The number of hydrogen-bond acceptors (Lipinski definition) is 2.